The molecular weight excluding hydrogens is 422 g/mol. The summed E-state index contributed by atoms with van der Waals surface area (Å²) < 4.78 is 39.4. The van der Waals surface area contributed by atoms with Crippen molar-refractivity contribution in [2.75, 3.05) is 19.5 Å². The van der Waals surface area contributed by atoms with Gasteiger partial charge in [-0.1, -0.05) is 6.92 Å². The number of esters is 1. The van der Waals surface area contributed by atoms with E-state index in [1.54, 1.807) is 20.3 Å². The molecule has 1 saturated heterocycles. The molecule has 10 nitrogen and oxygen atoms in total. The minimum absolute atomic E-state index is 0.156. The highest BCUT2D eigenvalue weighted by Crippen LogP contribution is 2.43. The van der Waals surface area contributed by atoms with E-state index in [-0.39, 0.29) is 11.7 Å². The summed E-state index contributed by atoms with van der Waals surface area (Å²) in [7, 11) is -2.53. The summed E-state index contributed by atoms with van der Waals surface area (Å²) in [6.07, 6.45) is -5.51. The number of nitrogens with one attached hydrogen (secondary N) is 1. The number of aliphatic carboxylic acids is 1. The van der Waals surface area contributed by atoms with Crippen LogP contribution >= 0.6 is 7.14 Å². The second-order valence-corrected chi connectivity index (χ2v) is 11.5. The first-order valence-corrected chi connectivity index (χ1v) is 12.2. The Balaban J connectivity index is 2.35. The number of nitrogens with zero attached hydrogens (tertiary/aromatic N) is 1. The highest BCUT2D eigenvalue weighted by molar-refractivity contribution is 7.62. The van der Waals surface area contributed by atoms with Crippen LogP contribution in [0.5, 0.6) is 0 Å². The first-order valence-electron chi connectivity index (χ1n) is 9.37. The van der Waals surface area contributed by atoms with Gasteiger partial charge in [0.15, 0.2) is 18.5 Å². The fraction of sp³-hybridized carbons (Fsp3) is 0.667. The number of carboxylic acid groups (broad SMARTS) is 1. The molecule has 2 rings (SSSR count). The van der Waals surface area contributed by atoms with Crippen molar-refractivity contribution in [2.24, 2.45) is 5.92 Å². The van der Waals surface area contributed by atoms with Crippen LogP contribution in [0.25, 0.3) is 0 Å². The first-order chi connectivity index (χ1) is 13.8. The van der Waals surface area contributed by atoms with Gasteiger partial charge in [-0.2, -0.15) is 0 Å². The van der Waals surface area contributed by atoms with E-state index < -0.39 is 73.7 Å². The van der Waals surface area contributed by atoms with Crippen LogP contribution in [0.4, 0.5) is 4.39 Å². The fourth-order valence-electron chi connectivity index (χ4n) is 3.46. The summed E-state index contributed by atoms with van der Waals surface area (Å²) in [5.41, 5.74) is -1.35. The van der Waals surface area contributed by atoms with Crippen LogP contribution in [0.3, 0.4) is 0 Å². The lowest BCUT2D eigenvalue weighted by Gasteiger charge is -2.26. The summed E-state index contributed by atoms with van der Waals surface area (Å²) in [4.78, 5) is 48.5. The van der Waals surface area contributed by atoms with Gasteiger partial charge in [-0.3, -0.25) is 23.9 Å². The van der Waals surface area contributed by atoms with E-state index in [1.165, 1.54) is 6.92 Å². The zero-order valence-corrected chi connectivity index (χ0v) is 18.1. The smallest absolute Gasteiger partial charge is 0.330 e. The highest BCUT2D eigenvalue weighted by atomic mass is 31.2. The molecule has 1 aromatic heterocycles. The number of carbonyl (C=O) groups excluding carboxylic acids is 1. The Labute approximate surface area is 171 Å². The summed E-state index contributed by atoms with van der Waals surface area (Å²) in [6, 6.07) is 0. The molecule has 2 heterocycles. The maximum Gasteiger partial charge on any atom is 0.330 e. The number of carbonyl (C=O) groups is 2. The van der Waals surface area contributed by atoms with Gasteiger partial charge < -0.3 is 19.1 Å². The van der Waals surface area contributed by atoms with Crippen molar-refractivity contribution < 1.29 is 33.1 Å². The number of aryl methyl sites for hydroxylation is 1. The molecule has 0 aromatic carbocycles. The van der Waals surface area contributed by atoms with Crippen LogP contribution in [0.2, 0.25) is 0 Å². The number of alkyl halides is 1. The molecule has 0 radical (unpaired) electrons. The van der Waals surface area contributed by atoms with Gasteiger partial charge in [-0.15, -0.1) is 0 Å². The average Bonchev–Trinajstić information content (AvgIpc) is 2.91. The van der Waals surface area contributed by atoms with Crippen LogP contribution in [0, 0.1) is 12.8 Å². The number of hydrogen-bond donors (Lipinski definition) is 2. The SMILES string of the molecule is Cc1cn([C@@H]2O[C@H]([C@@H](C)CP(C)(C)=O)[C@@H](OC(=O)CCC(=O)O)[C@H]2F)c(=O)[nH]c1=O. The van der Waals surface area contributed by atoms with Crippen LogP contribution in [-0.2, 0) is 23.6 Å². The lowest BCUT2D eigenvalue weighted by molar-refractivity contribution is -0.157. The molecule has 0 unspecified atom stereocenters. The molecule has 5 atom stereocenters. The lowest BCUT2D eigenvalue weighted by Crippen LogP contribution is -2.39. The van der Waals surface area contributed by atoms with E-state index in [9.17, 15) is 23.7 Å². The van der Waals surface area contributed by atoms with Gasteiger partial charge in [0, 0.05) is 17.9 Å². The van der Waals surface area contributed by atoms with Crippen molar-refractivity contribution in [2.45, 2.75) is 51.3 Å². The van der Waals surface area contributed by atoms with Gasteiger partial charge in [-0.25, -0.2) is 9.18 Å². The number of carboxylic acids is 1. The van der Waals surface area contributed by atoms with Crippen molar-refractivity contribution in [3.8, 4) is 0 Å². The third kappa shape index (κ3) is 5.89. The second kappa shape index (κ2) is 9.26. The number of hydrogen-bond acceptors (Lipinski definition) is 7. The molecule has 0 bridgehead atoms. The molecule has 168 valence electrons. The minimum atomic E-state index is -2.53. The second-order valence-electron chi connectivity index (χ2n) is 8.00. The first kappa shape index (κ1) is 24.0. The number of ether oxygens (including phenoxy) is 2. The molecular formula is C18H26FN2O8P. The van der Waals surface area contributed by atoms with E-state index in [1.807, 2.05) is 0 Å². The van der Waals surface area contributed by atoms with E-state index in [0.717, 1.165) is 10.8 Å². The van der Waals surface area contributed by atoms with Crippen molar-refractivity contribution >= 4 is 19.1 Å². The van der Waals surface area contributed by atoms with Gasteiger partial charge in [0.25, 0.3) is 5.56 Å². The predicted molar refractivity (Wildman–Crippen MR) is 105 cm³/mol. The molecule has 0 aliphatic carbocycles. The molecule has 0 spiro atoms. The van der Waals surface area contributed by atoms with Gasteiger partial charge in [0.05, 0.1) is 20.0 Å². The number of halogens is 1. The summed E-state index contributed by atoms with van der Waals surface area (Å²) in [5.74, 6) is -2.62. The Morgan fingerprint density at radius 2 is 2.00 bits per heavy atom. The van der Waals surface area contributed by atoms with E-state index in [0.29, 0.717) is 0 Å². The zero-order chi connectivity index (χ0) is 22.8. The van der Waals surface area contributed by atoms with Gasteiger partial charge >= 0.3 is 17.6 Å². The topological polar surface area (TPSA) is 145 Å². The van der Waals surface area contributed by atoms with Crippen molar-refractivity contribution in [1.29, 1.82) is 0 Å². The normalized spacial score (nSPS) is 25.1. The Kier molecular flexibility index (Phi) is 7.41. The Bertz CT molecular complexity index is 968. The third-order valence-electron chi connectivity index (χ3n) is 4.73. The monoisotopic (exact) mass is 448 g/mol. The molecule has 1 aliphatic rings. The van der Waals surface area contributed by atoms with Crippen LogP contribution in [0.15, 0.2) is 15.8 Å². The largest absolute Gasteiger partial charge is 0.481 e. The maximum atomic E-state index is 15.3. The van der Waals surface area contributed by atoms with E-state index >= 15 is 4.39 Å². The third-order valence-corrected chi connectivity index (χ3v) is 6.18. The van der Waals surface area contributed by atoms with Crippen LogP contribution in [0.1, 0.15) is 31.6 Å². The van der Waals surface area contributed by atoms with E-state index in [2.05, 4.69) is 4.98 Å². The molecule has 0 amide bonds. The molecule has 2 N–H and O–H groups in total. The maximum absolute atomic E-state index is 15.3. The predicted octanol–water partition coefficient (Wildman–Crippen LogP) is 1.12. The summed E-state index contributed by atoms with van der Waals surface area (Å²) in [5, 5.41) is 8.71. The summed E-state index contributed by atoms with van der Waals surface area (Å²) in [6.45, 7) is 6.22. The zero-order valence-electron chi connectivity index (χ0n) is 17.2. The molecule has 1 aliphatic heterocycles. The number of aromatic nitrogens is 2. The van der Waals surface area contributed by atoms with Crippen molar-refractivity contribution in [3.63, 3.8) is 0 Å². The average molecular weight is 448 g/mol. The highest BCUT2D eigenvalue weighted by Gasteiger charge is 2.51. The van der Waals surface area contributed by atoms with Gasteiger partial charge in [0.1, 0.15) is 6.10 Å². The van der Waals surface area contributed by atoms with Gasteiger partial charge in [-0.05, 0) is 26.2 Å². The fourth-order valence-corrected chi connectivity index (χ4v) is 5.05. The molecule has 0 saturated carbocycles. The van der Waals surface area contributed by atoms with Crippen molar-refractivity contribution in [1.82, 2.24) is 9.55 Å². The van der Waals surface area contributed by atoms with E-state index in [4.69, 9.17) is 14.6 Å². The standard InChI is InChI=1S/C18H26FN2O8P/c1-9-7-21(18(26)20-16(9)25)17-13(19)15(28-12(24)6-5-11(22)23)14(29-17)10(2)8-30(3,4)27/h7,10,13-15,17H,5-6,8H2,1-4H3,(H,22,23)(H,20,25,26)/t10-,13+,14+,15-,17+/m0/s1. The van der Waals surface area contributed by atoms with Crippen molar-refractivity contribution in [3.05, 3.63) is 32.6 Å². The van der Waals surface area contributed by atoms with Crippen LogP contribution < -0.4 is 11.2 Å². The van der Waals surface area contributed by atoms with Crippen LogP contribution in [-0.4, -0.2) is 64.5 Å². The Morgan fingerprint density at radius 3 is 2.57 bits per heavy atom. The molecule has 30 heavy (non-hydrogen) atoms. The molecule has 1 fully saturated rings. The lowest BCUT2D eigenvalue weighted by atomic mass is 10.0. The Morgan fingerprint density at radius 1 is 1.37 bits per heavy atom. The summed E-state index contributed by atoms with van der Waals surface area (Å²) >= 11 is 0. The minimum Gasteiger partial charge on any atom is -0.481 e. The number of H-pyrrole nitrogens is 1. The number of aromatic amines is 1. The van der Waals surface area contributed by atoms with Gasteiger partial charge in [0.2, 0.25) is 0 Å². The Hall–Kier alpha value is -2.26. The molecule has 12 heteroatoms. The number of rotatable bonds is 8. The molecule has 1 aromatic rings. The quantitative estimate of drug-likeness (QED) is 0.445.